The maximum atomic E-state index is 13.5. The lowest BCUT2D eigenvalue weighted by atomic mass is 10.1. The third-order valence-electron chi connectivity index (χ3n) is 3.19. The molecule has 10 heteroatoms. The Kier molecular flexibility index (Phi) is 7.77. The Labute approximate surface area is 155 Å². The van der Waals surface area contributed by atoms with Gasteiger partial charge in [-0.2, -0.15) is 0 Å². The molecule has 150 valence electrons. The van der Waals surface area contributed by atoms with E-state index in [0.717, 1.165) is 6.07 Å². The molecule has 0 aliphatic carbocycles. The highest BCUT2D eigenvalue weighted by Gasteiger charge is 2.19. The van der Waals surface area contributed by atoms with E-state index in [2.05, 4.69) is 10.6 Å². The number of quaternary nitrogens is 1. The summed E-state index contributed by atoms with van der Waals surface area (Å²) < 4.78 is 39.4. The number of likely N-dealkylation sites (N-methyl/N-ethyl adjacent to an activating group) is 1. The second-order valence-electron chi connectivity index (χ2n) is 7.16. The maximum Gasteiger partial charge on any atom is 0.275 e. The molecule has 0 heterocycles. The summed E-state index contributed by atoms with van der Waals surface area (Å²) in [6.07, 6.45) is 0. The standard InChI is InChI=1S/C17H23F3N4O3/c1-17(2,3)23-14(27)9-24(4)8-13(26)21-7-12(25)22-11-6-5-10(18)15(19)16(11)20/h5-6H,7-9H2,1-4H3,(H,21,26)(H,22,25)(H,23,27)/p+1. The van der Waals surface area contributed by atoms with E-state index in [0.29, 0.717) is 11.0 Å². The number of rotatable bonds is 7. The lowest BCUT2D eigenvalue weighted by molar-refractivity contribution is -0.862. The van der Waals surface area contributed by atoms with Crippen molar-refractivity contribution in [2.75, 3.05) is 32.0 Å². The topological polar surface area (TPSA) is 91.7 Å². The van der Waals surface area contributed by atoms with Crippen LogP contribution in [0.2, 0.25) is 0 Å². The van der Waals surface area contributed by atoms with Crippen LogP contribution in [0, 0.1) is 17.5 Å². The smallest absolute Gasteiger partial charge is 0.275 e. The van der Waals surface area contributed by atoms with Gasteiger partial charge in [0.1, 0.15) is 0 Å². The van der Waals surface area contributed by atoms with Gasteiger partial charge in [0.05, 0.1) is 19.3 Å². The van der Waals surface area contributed by atoms with Crippen LogP contribution >= 0.6 is 0 Å². The molecule has 1 atom stereocenters. The number of halogens is 3. The highest BCUT2D eigenvalue weighted by Crippen LogP contribution is 2.19. The van der Waals surface area contributed by atoms with Gasteiger partial charge >= 0.3 is 0 Å². The van der Waals surface area contributed by atoms with Crippen molar-refractivity contribution < 1.29 is 32.5 Å². The molecule has 1 unspecified atom stereocenters. The summed E-state index contributed by atoms with van der Waals surface area (Å²) in [6, 6.07) is 1.55. The molecule has 7 nitrogen and oxygen atoms in total. The summed E-state index contributed by atoms with van der Waals surface area (Å²) in [5, 5.41) is 7.11. The van der Waals surface area contributed by atoms with Gasteiger partial charge in [0.15, 0.2) is 30.5 Å². The quantitative estimate of drug-likeness (QED) is 0.478. The molecule has 0 aliphatic rings. The minimum absolute atomic E-state index is 0.0651. The Bertz CT molecular complexity index is 720. The fraction of sp³-hybridized carbons (Fsp3) is 0.471. The molecule has 0 saturated carbocycles. The zero-order valence-electron chi connectivity index (χ0n) is 15.6. The number of hydrogen-bond donors (Lipinski definition) is 4. The first kappa shape index (κ1) is 22.4. The van der Waals surface area contributed by atoms with Gasteiger partial charge in [0, 0.05) is 5.54 Å². The van der Waals surface area contributed by atoms with Crippen molar-refractivity contribution in [3.05, 3.63) is 29.6 Å². The predicted octanol–water partition coefficient (Wildman–Crippen LogP) is -0.412. The minimum atomic E-state index is -1.70. The van der Waals surface area contributed by atoms with Crippen molar-refractivity contribution >= 4 is 23.4 Å². The van der Waals surface area contributed by atoms with Crippen LogP contribution in [0.4, 0.5) is 18.9 Å². The molecule has 0 spiro atoms. The van der Waals surface area contributed by atoms with Gasteiger partial charge in [-0.25, -0.2) is 13.2 Å². The van der Waals surface area contributed by atoms with Crippen molar-refractivity contribution in [1.82, 2.24) is 10.6 Å². The van der Waals surface area contributed by atoms with Gasteiger partial charge in [0.25, 0.3) is 11.8 Å². The SMILES string of the molecule is C[NH+](CC(=O)NCC(=O)Nc1ccc(F)c(F)c1F)CC(=O)NC(C)(C)C. The van der Waals surface area contributed by atoms with E-state index in [4.69, 9.17) is 0 Å². The monoisotopic (exact) mass is 389 g/mol. The number of amides is 3. The van der Waals surface area contributed by atoms with Gasteiger partial charge < -0.3 is 20.9 Å². The number of nitrogens with one attached hydrogen (secondary N) is 4. The van der Waals surface area contributed by atoms with E-state index in [-0.39, 0.29) is 24.5 Å². The van der Waals surface area contributed by atoms with Crippen LogP contribution < -0.4 is 20.9 Å². The van der Waals surface area contributed by atoms with Crippen LogP contribution in [0.3, 0.4) is 0 Å². The maximum absolute atomic E-state index is 13.5. The second-order valence-corrected chi connectivity index (χ2v) is 7.16. The van der Waals surface area contributed by atoms with E-state index in [1.165, 1.54) is 0 Å². The summed E-state index contributed by atoms with van der Waals surface area (Å²) >= 11 is 0. The number of anilines is 1. The van der Waals surface area contributed by atoms with E-state index in [9.17, 15) is 27.6 Å². The normalized spacial score (nSPS) is 12.3. The molecule has 4 N–H and O–H groups in total. The van der Waals surface area contributed by atoms with Crippen molar-refractivity contribution in [2.24, 2.45) is 0 Å². The van der Waals surface area contributed by atoms with E-state index < -0.39 is 41.5 Å². The lowest BCUT2D eigenvalue weighted by Gasteiger charge is -2.21. The Morgan fingerprint density at radius 3 is 2.15 bits per heavy atom. The lowest BCUT2D eigenvalue weighted by Crippen LogP contribution is -3.11. The molecule has 0 bridgehead atoms. The molecule has 3 amide bonds. The Morgan fingerprint density at radius 1 is 0.963 bits per heavy atom. The first-order chi connectivity index (χ1) is 12.4. The molecule has 0 radical (unpaired) electrons. The summed E-state index contributed by atoms with van der Waals surface area (Å²) in [5.41, 5.74) is -0.915. The highest BCUT2D eigenvalue weighted by molar-refractivity contribution is 5.94. The average Bonchev–Trinajstić information content (AvgIpc) is 2.51. The van der Waals surface area contributed by atoms with Crippen LogP contribution in [0.15, 0.2) is 12.1 Å². The number of benzene rings is 1. The summed E-state index contributed by atoms with van der Waals surface area (Å²) in [4.78, 5) is 35.9. The van der Waals surface area contributed by atoms with Crippen LogP contribution in [-0.2, 0) is 14.4 Å². The van der Waals surface area contributed by atoms with Gasteiger partial charge in [-0.05, 0) is 32.9 Å². The molecular formula is C17H24F3N4O3+. The van der Waals surface area contributed by atoms with Gasteiger partial charge in [-0.15, -0.1) is 0 Å². The second kappa shape index (κ2) is 9.36. The van der Waals surface area contributed by atoms with Gasteiger partial charge in [-0.3, -0.25) is 14.4 Å². The summed E-state index contributed by atoms with van der Waals surface area (Å²) in [6.45, 7) is 5.02. The first-order valence-corrected chi connectivity index (χ1v) is 8.21. The zero-order chi connectivity index (χ0) is 20.8. The summed E-state index contributed by atoms with van der Waals surface area (Å²) in [5.74, 6) is -6.13. The largest absolute Gasteiger partial charge is 0.347 e. The molecule has 0 saturated heterocycles. The molecule has 27 heavy (non-hydrogen) atoms. The highest BCUT2D eigenvalue weighted by atomic mass is 19.2. The number of hydrogen-bond acceptors (Lipinski definition) is 3. The van der Waals surface area contributed by atoms with E-state index in [1.807, 2.05) is 26.1 Å². The fourth-order valence-corrected chi connectivity index (χ4v) is 2.13. The Balaban J connectivity index is 2.42. The Hall–Kier alpha value is -2.62. The van der Waals surface area contributed by atoms with Gasteiger partial charge in [-0.1, -0.05) is 0 Å². The van der Waals surface area contributed by atoms with Crippen molar-refractivity contribution in [2.45, 2.75) is 26.3 Å². The number of carbonyl (C=O) groups is 3. The molecular weight excluding hydrogens is 365 g/mol. The van der Waals surface area contributed by atoms with Crippen molar-refractivity contribution in [3.63, 3.8) is 0 Å². The molecule has 0 aliphatic heterocycles. The Morgan fingerprint density at radius 2 is 1.56 bits per heavy atom. The van der Waals surface area contributed by atoms with Crippen LogP contribution in [0.1, 0.15) is 20.8 Å². The molecule has 0 fully saturated rings. The predicted molar refractivity (Wildman–Crippen MR) is 92.5 cm³/mol. The molecule has 1 aromatic carbocycles. The van der Waals surface area contributed by atoms with Gasteiger partial charge in [0.2, 0.25) is 5.91 Å². The zero-order valence-corrected chi connectivity index (χ0v) is 15.6. The van der Waals surface area contributed by atoms with Crippen molar-refractivity contribution in [3.8, 4) is 0 Å². The van der Waals surface area contributed by atoms with Crippen molar-refractivity contribution in [1.29, 1.82) is 0 Å². The fourth-order valence-electron chi connectivity index (χ4n) is 2.13. The minimum Gasteiger partial charge on any atom is -0.347 e. The van der Waals surface area contributed by atoms with Crippen LogP contribution in [-0.4, -0.2) is 49.9 Å². The van der Waals surface area contributed by atoms with Crippen LogP contribution in [0.5, 0.6) is 0 Å². The third-order valence-corrected chi connectivity index (χ3v) is 3.19. The molecule has 1 rings (SSSR count). The van der Waals surface area contributed by atoms with Crippen LogP contribution in [0.25, 0.3) is 0 Å². The van der Waals surface area contributed by atoms with E-state index >= 15 is 0 Å². The first-order valence-electron chi connectivity index (χ1n) is 8.21. The summed E-state index contributed by atoms with van der Waals surface area (Å²) in [7, 11) is 1.64. The molecule has 1 aromatic rings. The molecule has 0 aromatic heterocycles. The third kappa shape index (κ3) is 8.07. The number of carbonyl (C=O) groups excluding carboxylic acids is 3. The average molecular weight is 389 g/mol. The van der Waals surface area contributed by atoms with E-state index in [1.54, 1.807) is 7.05 Å².